The molecule has 2 unspecified atom stereocenters. The molecule has 0 aliphatic heterocycles. The molecule has 1 N–H and O–H groups in total. The standard InChI is InChI=1S/C13H16N3O2P/c1-8-14-9(2)16-13(15-8)11-4-3-10(7-12(11)17)18-5-6-19/h3-4,7,17H,5-6,19H2,1-2H3/i5T. The fourth-order valence-electron chi connectivity index (χ4n) is 1.65. The minimum atomic E-state index is -0.674. The number of nitrogens with zero attached hydrogens (tertiary/aromatic N) is 3. The number of ether oxygens (including phenoxy) is 1. The summed E-state index contributed by atoms with van der Waals surface area (Å²) in [5.41, 5.74) is 0.512. The van der Waals surface area contributed by atoms with Gasteiger partial charge in [0.05, 0.1) is 13.5 Å². The van der Waals surface area contributed by atoms with Crippen LogP contribution in [-0.4, -0.2) is 32.8 Å². The van der Waals surface area contributed by atoms with Crippen molar-refractivity contribution in [2.75, 3.05) is 12.7 Å². The van der Waals surface area contributed by atoms with Crippen LogP contribution in [0.25, 0.3) is 11.4 Å². The lowest BCUT2D eigenvalue weighted by molar-refractivity contribution is 0.341. The van der Waals surface area contributed by atoms with Gasteiger partial charge in [-0.1, -0.05) is 0 Å². The SMILES string of the molecule is [3H]C(CP)Oc1ccc(-c2nc(C)nc(C)n2)c(O)c1. The van der Waals surface area contributed by atoms with Gasteiger partial charge < -0.3 is 9.84 Å². The predicted molar refractivity (Wildman–Crippen MR) is 76.5 cm³/mol. The molecule has 100 valence electrons. The Morgan fingerprint density at radius 2 is 1.95 bits per heavy atom. The van der Waals surface area contributed by atoms with Crippen LogP contribution in [0.3, 0.4) is 0 Å². The maximum absolute atomic E-state index is 10.1. The second-order valence-electron chi connectivity index (χ2n) is 3.95. The lowest BCUT2D eigenvalue weighted by atomic mass is 10.2. The molecule has 19 heavy (non-hydrogen) atoms. The van der Waals surface area contributed by atoms with E-state index in [0.717, 1.165) is 0 Å². The maximum Gasteiger partial charge on any atom is 0.167 e. The summed E-state index contributed by atoms with van der Waals surface area (Å²) < 4.78 is 12.9. The van der Waals surface area contributed by atoms with Crippen LogP contribution in [0.15, 0.2) is 18.2 Å². The van der Waals surface area contributed by atoms with E-state index in [1.807, 2.05) is 0 Å². The number of aromatic nitrogens is 3. The average Bonchev–Trinajstić information content (AvgIpc) is 2.37. The van der Waals surface area contributed by atoms with E-state index >= 15 is 0 Å². The molecule has 0 saturated carbocycles. The summed E-state index contributed by atoms with van der Waals surface area (Å²) >= 11 is 0. The lowest BCUT2D eigenvalue weighted by Gasteiger charge is -2.08. The van der Waals surface area contributed by atoms with E-state index < -0.39 is 6.58 Å². The van der Waals surface area contributed by atoms with Crippen LogP contribution in [0.5, 0.6) is 11.5 Å². The van der Waals surface area contributed by atoms with E-state index in [1.165, 1.54) is 6.07 Å². The number of benzene rings is 1. The number of hydrogen-bond acceptors (Lipinski definition) is 5. The van der Waals surface area contributed by atoms with Crippen molar-refractivity contribution in [3.05, 3.63) is 29.8 Å². The first-order chi connectivity index (χ1) is 9.49. The van der Waals surface area contributed by atoms with Crippen LogP contribution in [0.4, 0.5) is 0 Å². The molecule has 1 heterocycles. The van der Waals surface area contributed by atoms with Crippen molar-refractivity contribution in [3.8, 4) is 22.9 Å². The molecule has 6 heteroatoms. The Kier molecular flexibility index (Phi) is 3.84. The third kappa shape index (κ3) is 3.38. The molecule has 0 spiro atoms. The first-order valence-electron chi connectivity index (χ1n) is 6.39. The van der Waals surface area contributed by atoms with E-state index in [1.54, 1.807) is 26.0 Å². The molecular formula is C13H16N3O2P. The maximum atomic E-state index is 10.1. The smallest absolute Gasteiger partial charge is 0.167 e. The van der Waals surface area contributed by atoms with Gasteiger partial charge >= 0.3 is 0 Å². The monoisotopic (exact) mass is 279 g/mol. The number of phenolic OH excluding ortho intramolecular Hbond substituents is 1. The molecule has 0 bridgehead atoms. The van der Waals surface area contributed by atoms with Gasteiger partial charge in [-0.15, -0.1) is 9.24 Å². The van der Waals surface area contributed by atoms with Gasteiger partial charge in [-0.25, -0.2) is 15.0 Å². The molecule has 0 aliphatic rings. The van der Waals surface area contributed by atoms with Crippen LogP contribution in [0.2, 0.25) is 0 Å². The second-order valence-corrected chi connectivity index (χ2v) is 4.42. The van der Waals surface area contributed by atoms with Gasteiger partial charge in [0.25, 0.3) is 0 Å². The summed E-state index contributed by atoms with van der Waals surface area (Å²) in [4.78, 5) is 12.5. The topological polar surface area (TPSA) is 68.1 Å². The minimum absolute atomic E-state index is 0.0171. The van der Waals surface area contributed by atoms with Gasteiger partial charge in [-0.3, -0.25) is 0 Å². The zero-order valence-electron chi connectivity index (χ0n) is 11.8. The molecule has 0 amide bonds. The zero-order chi connectivity index (χ0) is 14.7. The fourth-order valence-corrected chi connectivity index (χ4v) is 1.75. The van der Waals surface area contributed by atoms with Crippen molar-refractivity contribution in [2.24, 2.45) is 0 Å². The number of phenols is 1. The van der Waals surface area contributed by atoms with E-state index in [0.29, 0.717) is 34.9 Å². The molecule has 5 nitrogen and oxygen atoms in total. The third-order valence-corrected chi connectivity index (χ3v) is 2.58. The van der Waals surface area contributed by atoms with E-state index in [9.17, 15) is 5.11 Å². The van der Waals surface area contributed by atoms with Gasteiger partial charge in [0, 0.05) is 6.07 Å². The molecule has 1 aromatic carbocycles. The first kappa shape index (κ1) is 12.3. The average molecular weight is 279 g/mol. The molecular weight excluding hydrogens is 261 g/mol. The first-order valence-corrected chi connectivity index (χ1v) is 6.63. The highest BCUT2D eigenvalue weighted by Crippen LogP contribution is 2.30. The summed E-state index contributed by atoms with van der Waals surface area (Å²) in [5, 5.41) is 10.1. The third-order valence-electron chi connectivity index (χ3n) is 2.38. The Morgan fingerprint density at radius 1 is 1.26 bits per heavy atom. The van der Waals surface area contributed by atoms with Crippen molar-refractivity contribution in [1.82, 2.24) is 15.0 Å². The highest BCUT2D eigenvalue weighted by molar-refractivity contribution is 7.16. The van der Waals surface area contributed by atoms with Gasteiger partial charge in [-0.2, -0.15) is 0 Å². The van der Waals surface area contributed by atoms with Crippen molar-refractivity contribution < 1.29 is 11.2 Å². The van der Waals surface area contributed by atoms with Crippen LogP contribution in [-0.2, 0) is 0 Å². The van der Waals surface area contributed by atoms with Gasteiger partial charge in [0.15, 0.2) is 5.82 Å². The number of aromatic hydroxyl groups is 1. The lowest BCUT2D eigenvalue weighted by Crippen LogP contribution is -2.00. The summed E-state index contributed by atoms with van der Waals surface area (Å²) in [6, 6.07) is 4.82. The van der Waals surface area contributed by atoms with Gasteiger partial charge in [0.2, 0.25) is 0 Å². The number of aryl methyl sites for hydroxylation is 2. The van der Waals surface area contributed by atoms with Crippen LogP contribution < -0.4 is 4.74 Å². The number of hydrogen-bond donors (Lipinski definition) is 1. The molecule has 0 aliphatic carbocycles. The normalized spacial score (nSPS) is 12.9. The summed E-state index contributed by atoms with van der Waals surface area (Å²) in [6.07, 6.45) is 0.494. The molecule has 2 rings (SSSR count). The van der Waals surface area contributed by atoms with Crippen molar-refractivity contribution >= 4 is 9.24 Å². The van der Waals surface area contributed by atoms with Crippen LogP contribution >= 0.6 is 9.24 Å². The van der Waals surface area contributed by atoms with Gasteiger partial charge in [-0.05, 0) is 32.1 Å². The summed E-state index contributed by atoms with van der Waals surface area (Å²) in [6.45, 7) is 2.87. The largest absolute Gasteiger partial charge is 0.507 e. The molecule has 1 aromatic heterocycles. The highest BCUT2D eigenvalue weighted by atomic mass is 31.0. The Hall–Kier alpha value is -1.74. The van der Waals surface area contributed by atoms with E-state index in [-0.39, 0.29) is 5.75 Å². The highest BCUT2D eigenvalue weighted by Gasteiger charge is 2.10. The minimum Gasteiger partial charge on any atom is -0.507 e. The molecule has 0 fully saturated rings. The van der Waals surface area contributed by atoms with Crippen LogP contribution in [0, 0.1) is 13.8 Å². The molecule has 0 saturated heterocycles. The van der Waals surface area contributed by atoms with Crippen molar-refractivity contribution in [1.29, 1.82) is 0 Å². The second kappa shape index (κ2) is 5.93. The van der Waals surface area contributed by atoms with Crippen LogP contribution in [0.1, 0.15) is 13.0 Å². The molecule has 0 radical (unpaired) electrons. The number of rotatable bonds is 4. The predicted octanol–water partition coefficient (Wildman–Crippen LogP) is 2.11. The van der Waals surface area contributed by atoms with Crippen molar-refractivity contribution in [3.63, 3.8) is 0 Å². The summed E-state index contributed by atoms with van der Waals surface area (Å²) in [7, 11) is 2.44. The Bertz CT molecular complexity index is 604. The van der Waals surface area contributed by atoms with E-state index in [4.69, 9.17) is 6.11 Å². The summed E-state index contributed by atoms with van der Waals surface area (Å²) in [5.74, 6) is 2.08. The fraction of sp³-hybridized carbons (Fsp3) is 0.308. The molecule has 2 atom stereocenters. The quantitative estimate of drug-likeness (QED) is 0.868. The Labute approximate surface area is 115 Å². The zero-order valence-corrected chi connectivity index (χ0v) is 11.9. The Morgan fingerprint density at radius 3 is 2.53 bits per heavy atom. The van der Waals surface area contributed by atoms with Gasteiger partial charge in [0.1, 0.15) is 23.1 Å². The molecule has 2 aromatic rings. The van der Waals surface area contributed by atoms with Crippen molar-refractivity contribution in [2.45, 2.75) is 13.8 Å². The van der Waals surface area contributed by atoms with E-state index in [2.05, 4.69) is 24.2 Å². The Balaban J connectivity index is 2.34.